The molecule has 2 amide bonds. The molecule has 11 heteroatoms. The molecular weight excluding hydrogens is 524 g/mol. The number of carbonyl (C=O) groups is 2. The third kappa shape index (κ3) is 5.09. The number of hydrogen-bond donors (Lipinski definition) is 2. The lowest BCUT2D eigenvalue weighted by Crippen LogP contribution is -2.57. The van der Waals surface area contributed by atoms with E-state index in [0.717, 1.165) is 46.1 Å². The minimum absolute atomic E-state index is 0.0628. The molecule has 0 aliphatic carbocycles. The SMILES string of the molecule is CSc1cncc(C(=O)NCc2cc3nc(-c4cccc(N5CCN6C(C5)C(=O)NC6(C)C)n4)ccc3cn2)c1. The molecule has 4 aromatic heterocycles. The molecule has 0 saturated carbocycles. The first-order valence-corrected chi connectivity index (χ1v) is 14.4. The van der Waals surface area contributed by atoms with Crippen molar-refractivity contribution < 1.29 is 9.59 Å². The number of fused-ring (bicyclic) bond motifs is 2. The van der Waals surface area contributed by atoms with Gasteiger partial charge in [0.25, 0.3) is 5.91 Å². The van der Waals surface area contributed by atoms with Gasteiger partial charge in [0.15, 0.2) is 0 Å². The lowest BCUT2D eigenvalue weighted by Gasteiger charge is -2.41. The van der Waals surface area contributed by atoms with Gasteiger partial charge in [0.2, 0.25) is 5.91 Å². The van der Waals surface area contributed by atoms with Crippen LogP contribution >= 0.6 is 11.8 Å². The number of nitrogens with one attached hydrogen (secondary N) is 2. The molecule has 0 bridgehead atoms. The summed E-state index contributed by atoms with van der Waals surface area (Å²) in [6.07, 6.45) is 7.00. The van der Waals surface area contributed by atoms with Gasteiger partial charge in [0.05, 0.1) is 40.4 Å². The summed E-state index contributed by atoms with van der Waals surface area (Å²) in [6.45, 7) is 6.52. The second kappa shape index (κ2) is 10.5. The van der Waals surface area contributed by atoms with E-state index < -0.39 is 0 Å². The molecule has 204 valence electrons. The van der Waals surface area contributed by atoms with Crippen LogP contribution in [0.25, 0.3) is 22.3 Å². The van der Waals surface area contributed by atoms with Crippen molar-refractivity contribution in [2.75, 3.05) is 30.8 Å². The zero-order valence-electron chi connectivity index (χ0n) is 22.6. The summed E-state index contributed by atoms with van der Waals surface area (Å²) in [6, 6.07) is 13.3. The van der Waals surface area contributed by atoms with Gasteiger partial charge in [-0.25, -0.2) is 9.97 Å². The fraction of sp³-hybridized carbons (Fsp3) is 0.310. The van der Waals surface area contributed by atoms with Crippen LogP contribution in [-0.4, -0.2) is 74.2 Å². The first-order chi connectivity index (χ1) is 19.3. The number of pyridine rings is 4. The van der Waals surface area contributed by atoms with Crippen molar-refractivity contribution in [1.82, 2.24) is 35.5 Å². The van der Waals surface area contributed by atoms with Crippen LogP contribution in [0, 0.1) is 0 Å². The Morgan fingerprint density at radius 3 is 2.80 bits per heavy atom. The van der Waals surface area contributed by atoms with Crippen molar-refractivity contribution in [3.05, 3.63) is 72.3 Å². The van der Waals surface area contributed by atoms with Gasteiger partial charge in [0.1, 0.15) is 11.9 Å². The molecule has 1 atom stereocenters. The molecule has 1 unspecified atom stereocenters. The number of carbonyl (C=O) groups excluding carboxylic acids is 2. The van der Waals surface area contributed by atoms with Gasteiger partial charge < -0.3 is 15.5 Å². The number of piperazine rings is 1. The predicted octanol–water partition coefficient (Wildman–Crippen LogP) is 3.10. The van der Waals surface area contributed by atoms with Crippen LogP contribution in [0.15, 0.2) is 66.0 Å². The number of rotatable bonds is 6. The summed E-state index contributed by atoms with van der Waals surface area (Å²) in [5.41, 5.74) is 3.16. The van der Waals surface area contributed by atoms with E-state index in [9.17, 15) is 9.59 Å². The molecule has 2 saturated heterocycles. The standard InChI is InChI=1S/C29H30N8O2S/c1-29(2)35-28(39)25-17-36(9-10-37(25)29)26-6-4-5-22(34-26)23-8-7-18-14-31-20(12-24(18)33-23)15-32-27(38)19-11-21(40-3)16-30-13-19/h4-8,11-14,16,25H,9-10,15,17H2,1-3H3,(H,32,38)(H,35,39). The molecule has 2 aliphatic rings. The minimum atomic E-state index is -0.328. The van der Waals surface area contributed by atoms with E-state index in [1.165, 1.54) is 11.8 Å². The molecule has 10 nitrogen and oxygen atoms in total. The zero-order valence-corrected chi connectivity index (χ0v) is 23.4. The van der Waals surface area contributed by atoms with E-state index in [1.807, 2.05) is 62.6 Å². The summed E-state index contributed by atoms with van der Waals surface area (Å²) >= 11 is 1.54. The molecular formula is C29H30N8O2S. The van der Waals surface area contributed by atoms with Crippen LogP contribution in [0.3, 0.4) is 0 Å². The molecule has 0 spiro atoms. The number of nitrogens with zero attached hydrogens (tertiary/aromatic N) is 6. The van der Waals surface area contributed by atoms with E-state index >= 15 is 0 Å². The Morgan fingerprint density at radius 2 is 1.95 bits per heavy atom. The second-order valence-corrected chi connectivity index (χ2v) is 11.3. The first-order valence-electron chi connectivity index (χ1n) is 13.1. The number of aromatic nitrogens is 4. The Balaban J connectivity index is 1.19. The van der Waals surface area contributed by atoms with Crippen molar-refractivity contribution in [3.63, 3.8) is 0 Å². The molecule has 0 radical (unpaired) electrons. The highest BCUT2D eigenvalue weighted by atomic mass is 32.2. The highest BCUT2D eigenvalue weighted by molar-refractivity contribution is 7.98. The average Bonchev–Trinajstić information content (AvgIpc) is 3.22. The van der Waals surface area contributed by atoms with Gasteiger partial charge >= 0.3 is 0 Å². The van der Waals surface area contributed by atoms with Crippen molar-refractivity contribution in [1.29, 1.82) is 0 Å². The number of thioether (sulfide) groups is 1. The van der Waals surface area contributed by atoms with Gasteiger partial charge in [-0.05, 0) is 56.5 Å². The summed E-state index contributed by atoms with van der Waals surface area (Å²) in [4.78, 5) is 48.9. The Bertz CT molecular complexity index is 1610. The highest BCUT2D eigenvalue weighted by Gasteiger charge is 2.47. The Hall–Kier alpha value is -4.09. The second-order valence-electron chi connectivity index (χ2n) is 10.4. The third-order valence-corrected chi connectivity index (χ3v) is 8.12. The largest absolute Gasteiger partial charge is 0.353 e. The molecule has 6 heterocycles. The lowest BCUT2D eigenvalue weighted by atomic mass is 10.1. The van der Waals surface area contributed by atoms with Gasteiger partial charge in [-0.3, -0.25) is 24.5 Å². The summed E-state index contributed by atoms with van der Waals surface area (Å²) in [7, 11) is 0. The lowest BCUT2D eigenvalue weighted by molar-refractivity contribution is -0.121. The van der Waals surface area contributed by atoms with Crippen molar-refractivity contribution in [2.24, 2.45) is 0 Å². The average molecular weight is 555 g/mol. The fourth-order valence-electron chi connectivity index (χ4n) is 5.31. The number of anilines is 1. The van der Waals surface area contributed by atoms with Crippen LogP contribution in [0.5, 0.6) is 0 Å². The van der Waals surface area contributed by atoms with Crippen molar-refractivity contribution in [3.8, 4) is 11.4 Å². The van der Waals surface area contributed by atoms with Gasteiger partial charge in [-0.15, -0.1) is 11.8 Å². The van der Waals surface area contributed by atoms with Crippen LogP contribution in [0.4, 0.5) is 5.82 Å². The topological polar surface area (TPSA) is 116 Å². The van der Waals surface area contributed by atoms with E-state index in [-0.39, 0.29) is 30.1 Å². The summed E-state index contributed by atoms with van der Waals surface area (Å²) < 4.78 is 0. The van der Waals surface area contributed by atoms with Crippen LogP contribution in [-0.2, 0) is 11.3 Å². The Morgan fingerprint density at radius 1 is 1.10 bits per heavy atom. The maximum absolute atomic E-state index is 12.6. The summed E-state index contributed by atoms with van der Waals surface area (Å²) in [5, 5.41) is 6.91. The Kier molecular flexibility index (Phi) is 6.85. The predicted molar refractivity (Wildman–Crippen MR) is 155 cm³/mol. The smallest absolute Gasteiger partial charge is 0.253 e. The minimum Gasteiger partial charge on any atom is -0.353 e. The Labute approximate surface area is 236 Å². The third-order valence-electron chi connectivity index (χ3n) is 7.42. The molecule has 0 aromatic carbocycles. The van der Waals surface area contributed by atoms with E-state index in [4.69, 9.17) is 9.97 Å². The molecule has 2 aliphatic heterocycles. The molecule has 2 N–H and O–H groups in total. The van der Waals surface area contributed by atoms with E-state index in [1.54, 1.807) is 18.6 Å². The van der Waals surface area contributed by atoms with E-state index in [2.05, 4.69) is 30.4 Å². The maximum atomic E-state index is 12.6. The zero-order chi connectivity index (χ0) is 27.9. The van der Waals surface area contributed by atoms with Crippen LogP contribution in [0.1, 0.15) is 29.9 Å². The summed E-state index contributed by atoms with van der Waals surface area (Å²) in [5.74, 6) is 0.690. The van der Waals surface area contributed by atoms with Crippen molar-refractivity contribution >= 4 is 40.3 Å². The number of hydrogen-bond acceptors (Lipinski definition) is 9. The molecule has 6 rings (SSSR count). The first kappa shape index (κ1) is 26.1. The van der Waals surface area contributed by atoms with Crippen molar-refractivity contribution in [2.45, 2.75) is 37.0 Å². The van der Waals surface area contributed by atoms with Gasteiger partial charge in [-0.2, -0.15) is 0 Å². The molecule has 4 aromatic rings. The quantitative estimate of drug-likeness (QED) is 0.347. The molecule has 40 heavy (non-hydrogen) atoms. The number of amides is 2. The normalized spacial score (nSPS) is 18.4. The van der Waals surface area contributed by atoms with E-state index in [0.29, 0.717) is 17.8 Å². The molecule has 2 fully saturated rings. The maximum Gasteiger partial charge on any atom is 0.253 e. The van der Waals surface area contributed by atoms with Gasteiger partial charge in [-0.1, -0.05) is 6.07 Å². The monoisotopic (exact) mass is 554 g/mol. The highest BCUT2D eigenvalue weighted by Crippen LogP contribution is 2.29. The van der Waals surface area contributed by atoms with Gasteiger partial charge in [0, 0.05) is 48.5 Å². The van der Waals surface area contributed by atoms with Crippen LogP contribution in [0.2, 0.25) is 0 Å². The fourth-order valence-corrected chi connectivity index (χ4v) is 5.72. The van der Waals surface area contributed by atoms with Crippen LogP contribution < -0.4 is 15.5 Å².